The summed E-state index contributed by atoms with van der Waals surface area (Å²) in [4.78, 5) is 60.1. The molecule has 7 atom stereocenters. The maximum Gasteiger partial charge on any atom is 0.313 e. The molecular weight excluding hydrogens is 534 g/mol. The van der Waals surface area contributed by atoms with E-state index < -0.39 is 70.1 Å². The van der Waals surface area contributed by atoms with E-state index in [2.05, 4.69) is 5.32 Å². The predicted octanol–water partition coefficient (Wildman–Crippen LogP) is 1.65. The van der Waals surface area contributed by atoms with Gasteiger partial charge in [0.05, 0.1) is 6.04 Å². The molecule has 14 heteroatoms. The first-order valence-electron chi connectivity index (χ1n) is 11.1. The van der Waals surface area contributed by atoms with Crippen LogP contribution in [-0.2, 0) is 47.1 Å². The molecule has 1 aliphatic rings. The van der Waals surface area contributed by atoms with Crippen molar-refractivity contribution in [2.24, 2.45) is 0 Å². The summed E-state index contributed by atoms with van der Waals surface area (Å²) in [5.41, 5.74) is -0.813. The molecule has 0 radical (unpaired) electrons. The van der Waals surface area contributed by atoms with Gasteiger partial charge in [-0.2, -0.15) is 11.8 Å². The van der Waals surface area contributed by atoms with Crippen molar-refractivity contribution < 1.29 is 47.1 Å². The van der Waals surface area contributed by atoms with Crippen LogP contribution in [0.15, 0.2) is 0 Å². The molecule has 0 spiro atoms. The van der Waals surface area contributed by atoms with Crippen molar-refractivity contribution in [3.63, 3.8) is 0 Å². The average molecular weight is 572 g/mol. The zero-order valence-electron chi connectivity index (χ0n) is 21.9. The molecule has 0 aromatic heterocycles. The van der Waals surface area contributed by atoms with Crippen molar-refractivity contribution in [1.29, 1.82) is 0 Å². The highest BCUT2D eigenvalue weighted by Gasteiger charge is 2.54. The maximum absolute atomic E-state index is 12.2. The Morgan fingerprint density at radius 2 is 1.39 bits per heavy atom. The summed E-state index contributed by atoms with van der Waals surface area (Å²) in [5.74, 6) is -1.37. The highest BCUT2D eigenvalue weighted by atomic mass is 32.3. The van der Waals surface area contributed by atoms with Gasteiger partial charge in [0.25, 0.3) is 0 Å². The van der Waals surface area contributed by atoms with Gasteiger partial charge < -0.3 is 28.4 Å². The summed E-state index contributed by atoms with van der Waals surface area (Å²) in [7, 11) is -2.05. The van der Waals surface area contributed by atoms with Gasteiger partial charge in [0.1, 0.15) is 11.5 Å². The zero-order valence-corrected chi connectivity index (χ0v) is 24.3. The lowest BCUT2D eigenvalue weighted by Crippen LogP contribution is -2.66. The number of esters is 3. The van der Waals surface area contributed by atoms with Crippen LogP contribution in [0.4, 0.5) is 0 Å². The fourth-order valence-corrected chi connectivity index (χ4v) is 8.59. The molecule has 1 N–H and O–H groups in total. The van der Waals surface area contributed by atoms with E-state index in [9.17, 15) is 24.0 Å². The predicted molar refractivity (Wildman–Crippen MR) is 140 cm³/mol. The molecule has 0 saturated carbocycles. The summed E-state index contributed by atoms with van der Waals surface area (Å²) in [6.45, 7) is 6.22. The van der Waals surface area contributed by atoms with Gasteiger partial charge in [-0.1, -0.05) is 10.3 Å². The molecule has 0 bridgehead atoms. The monoisotopic (exact) mass is 571 g/mol. The molecule has 0 aliphatic carbocycles. The molecule has 0 aromatic rings. The van der Waals surface area contributed by atoms with Crippen LogP contribution in [-0.4, -0.2) is 102 Å². The van der Waals surface area contributed by atoms with E-state index >= 15 is 0 Å². The highest BCUT2D eigenvalue weighted by Crippen LogP contribution is 2.48. The number of carbonyl (C=O) groups is 5. The molecule has 0 aromatic carbocycles. The van der Waals surface area contributed by atoms with Crippen LogP contribution in [0.3, 0.4) is 0 Å². The zero-order chi connectivity index (χ0) is 27.6. The minimum absolute atomic E-state index is 0.196. The molecule has 1 rings (SSSR count). The number of hydrogen-bond donors (Lipinski definition) is 1. The van der Waals surface area contributed by atoms with Crippen molar-refractivity contribution in [2.75, 3.05) is 36.0 Å². The number of hydrogen-bond acceptors (Lipinski definition) is 12. The van der Waals surface area contributed by atoms with Gasteiger partial charge in [-0.15, -0.1) is 11.8 Å². The Morgan fingerprint density at radius 1 is 0.861 bits per heavy atom. The number of thioether (sulfide) groups is 2. The Bertz CT molecular complexity index is 813. The fourth-order valence-electron chi connectivity index (χ4n) is 3.88. The summed E-state index contributed by atoms with van der Waals surface area (Å²) in [6.07, 6.45) is 0.963. The molecule has 36 heavy (non-hydrogen) atoms. The standard InChI is InChI=1S/C22H37NO10S3/c1-12(24)23-17(11-36(8,10-9-34-6)33-16(5)28)18-19(29-13(2)25)20(30-14(3)26)21(31-15(4)27)22(32-18)35-7/h17-22H,9-11H2,1-8H3,(H,23,24)/t17-,18+,19-,20-,21+,22+/m0/s1. The molecule has 1 amide bonds. The molecule has 208 valence electrons. The molecule has 11 nitrogen and oxygen atoms in total. The Kier molecular flexibility index (Phi) is 13.4. The van der Waals surface area contributed by atoms with Gasteiger partial charge in [-0.3, -0.25) is 24.0 Å². The third-order valence-corrected chi connectivity index (χ3v) is 9.51. The highest BCUT2D eigenvalue weighted by molar-refractivity contribution is 8.29. The van der Waals surface area contributed by atoms with Crippen LogP contribution in [0.25, 0.3) is 0 Å². The van der Waals surface area contributed by atoms with Gasteiger partial charge in [0.2, 0.25) is 5.91 Å². The first-order valence-corrected chi connectivity index (χ1v) is 16.1. The minimum atomic E-state index is -2.05. The molecule has 1 aliphatic heterocycles. The smallest absolute Gasteiger partial charge is 0.313 e. The summed E-state index contributed by atoms with van der Waals surface area (Å²) >= 11 is 2.79. The van der Waals surface area contributed by atoms with Crippen LogP contribution in [0, 0.1) is 0 Å². The quantitative estimate of drug-likeness (QED) is 0.269. The fraction of sp³-hybridized carbons (Fsp3) is 0.773. The van der Waals surface area contributed by atoms with Gasteiger partial charge in [-0.05, 0) is 18.8 Å². The summed E-state index contributed by atoms with van der Waals surface area (Å²) in [6, 6.07) is -0.793. The van der Waals surface area contributed by atoms with E-state index in [0.717, 1.165) is 0 Å². The first-order chi connectivity index (χ1) is 16.7. The topological polar surface area (TPSA) is 144 Å². The lowest BCUT2D eigenvalue weighted by molar-refractivity contribution is -0.234. The Balaban J connectivity index is 3.59. The van der Waals surface area contributed by atoms with Crippen LogP contribution in [0.2, 0.25) is 0 Å². The van der Waals surface area contributed by atoms with Gasteiger partial charge >= 0.3 is 23.9 Å². The number of nitrogens with one attached hydrogen (secondary N) is 1. The van der Waals surface area contributed by atoms with E-state index in [4.69, 9.17) is 23.1 Å². The van der Waals surface area contributed by atoms with Gasteiger partial charge in [0.15, 0.2) is 18.3 Å². The Labute approximate surface area is 222 Å². The third-order valence-electron chi connectivity index (χ3n) is 5.02. The summed E-state index contributed by atoms with van der Waals surface area (Å²) in [5, 5.41) is 2.84. The molecule has 1 unspecified atom stereocenters. The van der Waals surface area contributed by atoms with Crippen molar-refractivity contribution >= 4 is 63.6 Å². The van der Waals surface area contributed by atoms with Crippen LogP contribution in [0.5, 0.6) is 0 Å². The average Bonchev–Trinajstić information content (AvgIpc) is 2.72. The molecule has 1 fully saturated rings. The van der Waals surface area contributed by atoms with Crippen LogP contribution in [0.1, 0.15) is 34.6 Å². The minimum Gasteiger partial charge on any atom is -0.456 e. The second kappa shape index (κ2) is 14.9. The molecule has 1 saturated heterocycles. The third kappa shape index (κ3) is 10.4. The van der Waals surface area contributed by atoms with E-state index in [0.29, 0.717) is 11.5 Å². The van der Waals surface area contributed by atoms with Crippen LogP contribution >= 0.6 is 33.8 Å². The van der Waals surface area contributed by atoms with Crippen molar-refractivity contribution in [2.45, 2.75) is 70.5 Å². The van der Waals surface area contributed by atoms with Gasteiger partial charge in [0, 0.05) is 51.9 Å². The first kappa shape index (κ1) is 32.4. The number of rotatable bonds is 12. The normalized spacial score (nSPS) is 26.9. The van der Waals surface area contributed by atoms with Gasteiger partial charge in [-0.25, -0.2) is 0 Å². The Hall–Kier alpha value is -1.64. The van der Waals surface area contributed by atoms with E-state index in [-0.39, 0.29) is 11.7 Å². The molecule has 1 heterocycles. The SMILES string of the molecule is CSCCS(C)(C[C@H](NC(C)=O)[C@H]1O[C@H](SC)[C@H](OC(C)=O)[C@@H](OC(C)=O)[C@H]1OC(C)=O)OC(C)=O. The van der Waals surface area contributed by atoms with E-state index in [1.165, 1.54) is 46.4 Å². The largest absolute Gasteiger partial charge is 0.456 e. The number of carbonyl (C=O) groups excluding carboxylic acids is 5. The Morgan fingerprint density at radius 3 is 1.83 bits per heavy atom. The maximum atomic E-state index is 12.2. The number of amides is 1. The van der Waals surface area contributed by atoms with Crippen LogP contribution < -0.4 is 5.32 Å². The van der Waals surface area contributed by atoms with Crippen molar-refractivity contribution in [3.8, 4) is 0 Å². The summed E-state index contributed by atoms with van der Waals surface area (Å²) < 4.78 is 28.5. The second-order valence-corrected chi connectivity index (χ2v) is 13.6. The van der Waals surface area contributed by atoms with Crippen molar-refractivity contribution in [3.05, 3.63) is 0 Å². The molecular formula is C22H37NO10S3. The lowest BCUT2D eigenvalue weighted by atomic mass is 9.94. The second-order valence-electron chi connectivity index (χ2n) is 8.36. The number of ether oxygens (including phenoxy) is 4. The lowest BCUT2D eigenvalue weighted by Gasteiger charge is -2.48. The van der Waals surface area contributed by atoms with E-state index in [1.807, 2.05) is 12.5 Å². The van der Waals surface area contributed by atoms with E-state index in [1.54, 1.807) is 18.0 Å². The van der Waals surface area contributed by atoms with Crippen molar-refractivity contribution in [1.82, 2.24) is 5.32 Å².